The van der Waals surface area contributed by atoms with Gasteiger partial charge in [-0.3, -0.25) is 4.79 Å². The monoisotopic (exact) mass is 208 g/mol. The van der Waals surface area contributed by atoms with Crippen LogP contribution in [0.1, 0.15) is 24.0 Å². The van der Waals surface area contributed by atoms with Crippen LogP contribution >= 0.6 is 0 Å². The highest BCUT2D eigenvalue weighted by atomic mass is 16.4. The number of aliphatic carboxylic acids is 1. The summed E-state index contributed by atoms with van der Waals surface area (Å²) in [6.07, 6.45) is 0.557. The van der Waals surface area contributed by atoms with E-state index in [-0.39, 0.29) is 12.2 Å². The summed E-state index contributed by atoms with van der Waals surface area (Å²) in [6.45, 7) is 0. The Hall–Kier alpha value is -1.55. The predicted molar refractivity (Wildman–Crippen MR) is 52.6 cm³/mol. The first-order valence-electron chi connectivity index (χ1n) is 4.78. The summed E-state index contributed by atoms with van der Waals surface area (Å²) in [6, 6.07) is 4.84. The standard InChI is InChI=1S/C11H12O4/c12-9-3-1-2-8-7(9)4-5-11(8,15)6-10(13)14/h1-3,12,15H,4-6H2,(H,13,14). The molecule has 0 aliphatic heterocycles. The molecule has 80 valence electrons. The number of hydrogen-bond donors (Lipinski definition) is 3. The van der Waals surface area contributed by atoms with Gasteiger partial charge in [0, 0.05) is 5.56 Å². The number of aromatic hydroxyl groups is 1. The van der Waals surface area contributed by atoms with E-state index in [0.29, 0.717) is 24.0 Å². The minimum Gasteiger partial charge on any atom is -0.508 e. The number of carbonyl (C=O) groups is 1. The lowest BCUT2D eigenvalue weighted by Gasteiger charge is -2.21. The van der Waals surface area contributed by atoms with Gasteiger partial charge >= 0.3 is 5.97 Å². The minimum atomic E-state index is -1.32. The van der Waals surface area contributed by atoms with Gasteiger partial charge < -0.3 is 15.3 Å². The van der Waals surface area contributed by atoms with E-state index < -0.39 is 11.6 Å². The number of benzene rings is 1. The van der Waals surface area contributed by atoms with Crippen LogP contribution in [0, 0.1) is 0 Å². The molecule has 4 nitrogen and oxygen atoms in total. The van der Waals surface area contributed by atoms with Crippen LogP contribution in [0.2, 0.25) is 0 Å². The molecule has 0 fully saturated rings. The second-order valence-corrected chi connectivity index (χ2v) is 3.91. The van der Waals surface area contributed by atoms with E-state index >= 15 is 0 Å². The van der Waals surface area contributed by atoms with Crippen LogP contribution in [-0.2, 0) is 16.8 Å². The Morgan fingerprint density at radius 1 is 1.47 bits per heavy atom. The van der Waals surface area contributed by atoms with Crippen molar-refractivity contribution in [2.24, 2.45) is 0 Å². The molecule has 15 heavy (non-hydrogen) atoms. The van der Waals surface area contributed by atoms with Gasteiger partial charge in [0.2, 0.25) is 0 Å². The van der Waals surface area contributed by atoms with Crippen LogP contribution in [0.4, 0.5) is 0 Å². The second kappa shape index (κ2) is 3.24. The van der Waals surface area contributed by atoms with Crippen molar-refractivity contribution in [3.8, 4) is 5.75 Å². The molecule has 0 amide bonds. The van der Waals surface area contributed by atoms with Gasteiger partial charge in [-0.1, -0.05) is 12.1 Å². The number of phenolic OH excluding ortho intramolecular Hbond substituents is 1. The van der Waals surface area contributed by atoms with Gasteiger partial charge in [0.15, 0.2) is 0 Å². The molecule has 0 radical (unpaired) electrons. The van der Waals surface area contributed by atoms with Crippen LogP contribution in [0.3, 0.4) is 0 Å². The largest absolute Gasteiger partial charge is 0.508 e. The quantitative estimate of drug-likeness (QED) is 0.677. The third-order valence-corrected chi connectivity index (χ3v) is 2.88. The summed E-state index contributed by atoms with van der Waals surface area (Å²) in [4.78, 5) is 10.6. The third kappa shape index (κ3) is 1.57. The van der Waals surface area contributed by atoms with E-state index in [4.69, 9.17) is 5.11 Å². The Kier molecular flexibility index (Phi) is 2.16. The second-order valence-electron chi connectivity index (χ2n) is 3.91. The fourth-order valence-corrected chi connectivity index (χ4v) is 2.17. The Labute approximate surface area is 86.8 Å². The number of carboxylic acid groups (broad SMARTS) is 1. The molecule has 1 unspecified atom stereocenters. The number of fused-ring (bicyclic) bond motifs is 1. The molecule has 0 aromatic heterocycles. The average molecular weight is 208 g/mol. The van der Waals surface area contributed by atoms with E-state index in [9.17, 15) is 15.0 Å². The molecule has 0 bridgehead atoms. The molecule has 1 aliphatic rings. The van der Waals surface area contributed by atoms with Crippen LogP contribution in [-0.4, -0.2) is 21.3 Å². The van der Waals surface area contributed by atoms with Gasteiger partial charge in [-0.2, -0.15) is 0 Å². The van der Waals surface area contributed by atoms with Gasteiger partial charge in [-0.15, -0.1) is 0 Å². The van der Waals surface area contributed by atoms with Crippen molar-refractivity contribution in [2.75, 3.05) is 0 Å². The SMILES string of the molecule is O=C(O)CC1(O)CCc2c(O)cccc21. The number of carboxylic acids is 1. The van der Waals surface area contributed by atoms with E-state index in [0.717, 1.165) is 0 Å². The summed E-state index contributed by atoms with van der Waals surface area (Å²) in [5.41, 5.74) is -0.106. The molecular formula is C11H12O4. The maximum Gasteiger partial charge on any atom is 0.306 e. The van der Waals surface area contributed by atoms with Gasteiger partial charge in [0.25, 0.3) is 0 Å². The molecule has 1 atom stereocenters. The summed E-state index contributed by atoms with van der Waals surface area (Å²) < 4.78 is 0. The van der Waals surface area contributed by atoms with Gasteiger partial charge in [-0.25, -0.2) is 0 Å². The van der Waals surface area contributed by atoms with Crippen LogP contribution < -0.4 is 0 Å². The fourth-order valence-electron chi connectivity index (χ4n) is 2.17. The predicted octanol–water partition coefficient (Wildman–Crippen LogP) is 1.00. The summed E-state index contributed by atoms with van der Waals surface area (Å²) in [5.74, 6) is -0.900. The molecule has 3 N–H and O–H groups in total. The summed E-state index contributed by atoms with van der Waals surface area (Å²) in [7, 11) is 0. The summed E-state index contributed by atoms with van der Waals surface area (Å²) >= 11 is 0. The zero-order chi connectivity index (χ0) is 11.1. The third-order valence-electron chi connectivity index (χ3n) is 2.88. The lowest BCUT2D eigenvalue weighted by molar-refractivity contribution is -0.142. The van der Waals surface area contributed by atoms with Crippen molar-refractivity contribution >= 4 is 5.97 Å². The van der Waals surface area contributed by atoms with E-state index in [1.165, 1.54) is 0 Å². The zero-order valence-electron chi connectivity index (χ0n) is 8.10. The molecule has 1 aromatic rings. The van der Waals surface area contributed by atoms with E-state index in [2.05, 4.69) is 0 Å². The molecule has 1 aliphatic carbocycles. The average Bonchev–Trinajstić information content (AvgIpc) is 2.44. The Bertz CT molecular complexity index is 413. The topological polar surface area (TPSA) is 77.8 Å². The van der Waals surface area contributed by atoms with E-state index in [1.54, 1.807) is 18.2 Å². The van der Waals surface area contributed by atoms with Crippen molar-refractivity contribution in [3.05, 3.63) is 29.3 Å². The maximum atomic E-state index is 10.6. The molecule has 0 saturated heterocycles. The number of phenols is 1. The normalized spacial score (nSPS) is 23.8. The van der Waals surface area contributed by atoms with Crippen LogP contribution in [0.25, 0.3) is 0 Å². The molecule has 4 heteroatoms. The lowest BCUT2D eigenvalue weighted by Crippen LogP contribution is -2.25. The minimum absolute atomic E-state index is 0.133. The Balaban J connectivity index is 2.43. The van der Waals surface area contributed by atoms with Crippen molar-refractivity contribution in [1.29, 1.82) is 0 Å². The smallest absolute Gasteiger partial charge is 0.306 e. The van der Waals surface area contributed by atoms with Gasteiger partial charge in [-0.05, 0) is 24.5 Å². The lowest BCUT2D eigenvalue weighted by atomic mass is 9.92. The fraction of sp³-hybridized carbons (Fsp3) is 0.364. The number of rotatable bonds is 2. The van der Waals surface area contributed by atoms with Gasteiger partial charge in [0.1, 0.15) is 11.4 Å². The first-order valence-corrected chi connectivity index (χ1v) is 4.78. The van der Waals surface area contributed by atoms with E-state index in [1.807, 2.05) is 0 Å². The highest BCUT2D eigenvalue weighted by molar-refractivity contribution is 5.69. The highest BCUT2D eigenvalue weighted by Gasteiger charge is 2.39. The van der Waals surface area contributed by atoms with Crippen LogP contribution in [0.15, 0.2) is 18.2 Å². The van der Waals surface area contributed by atoms with Crippen molar-refractivity contribution in [1.82, 2.24) is 0 Å². The van der Waals surface area contributed by atoms with Crippen LogP contribution in [0.5, 0.6) is 5.75 Å². The molecule has 2 rings (SSSR count). The van der Waals surface area contributed by atoms with Crippen molar-refractivity contribution < 1.29 is 20.1 Å². The molecule has 0 saturated carbocycles. The maximum absolute atomic E-state index is 10.6. The van der Waals surface area contributed by atoms with Gasteiger partial charge in [0.05, 0.1) is 6.42 Å². The number of aliphatic hydroxyl groups is 1. The molecule has 0 heterocycles. The summed E-state index contributed by atoms with van der Waals surface area (Å²) in [5, 5.41) is 28.4. The number of hydrogen-bond acceptors (Lipinski definition) is 3. The molecule has 1 aromatic carbocycles. The zero-order valence-corrected chi connectivity index (χ0v) is 8.10. The molecular weight excluding hydrogens is 196 g/mol. The highest BCUT2D eigenvalue weighted by Crippen LogP contribution is 2.42. The first kappa shape index (κ1) is 9.98. The first-order chi connectivity index (χ1) is 7.03. The van der Waals surface area contributed by atoms with Crippen molar-refractivity contribution in [2.45, 2.75) is 24.9 Å². The molecule has 0 spiro atoms. The Morgan fingerprint density at radius 3 is 2.87 bits per heavy atom. The van der Waals surface area contributed by atoms with Crippen molar-refractivity contribution in [3.63, 3.8) is 0 Å². The Morgan fingerprint density at radius 2 is 2.20 bits per heavy atom.